The normalized spacial score (nSPS) is 10.2. The molecule has 8 nitrogen and oxygen atoms in total. The molecule has 4 rings (SSSR count). The van der Waals surface area contributed by atoms with Crippen molar-refractivity contribution in [2.75, 3.05) is 19.5 Å². The maximum atomic E-state index is 13.3. The number of carbonyl (C=O) groups excluding carboxylic acids is 1. The molecule has 0 aliphatic heterocycles. The number of para-hydroxylation sites is 2. The number of anilines is 1. The summed E-state index contributed by atoms with van der Waals surface area (Å²) in [5.74, 6) is 0.432. The van der Waals surface area contributed by atoms with Gasteiger partial charge < -0.3 is 14.8 Å². The highest BCUT2D eigenvalue weighted by Gasteiger charge is 2.18. The van der Waals surface area contributed by atoms with Crippen molar-refractivity contribution in [1.29, 1.82) is 0 Å². The lowest BCUT2D eigenvalue weighted by molar-refractivity contribution is -0.384. The van der Waals surface area contributed by atoms with Gasteiger partial charge in [0.05, 0.1) is 47.7 Å². The topological polar surface area (TPSA) is 104 Å². The molecule has 168 valence electrons. The maximum Gasteiger partial charge on any atom is 0.273 e. The number of nitrogens with zero attached hydrogens (tertiary/aromatic N) is 2. The van der Waals surface area contributed by atoms with Gasteiger partial charge in [-0.25, -0.2) is 4.98 Å². The van der Waals surface area contributed by atoms with Crippen molar-refractivity contribution in [3.8, 4) is 22.8 Å². The second-order valence-corrected chi connectivity index (χ2v) is 6.87. The number of ether oxygens (including phenoxy) is 2. The van der Waals surface area contributed by atoms with Crippen LogP contribution in [0.3, 0.4) is 0 Å². The molecule has 0 unspecified atom stereocenters. The summed E-state index contributed by atoms with van der Waals surface area (Å²) in [7, 11) is 2.96. The predicted octanol–water partition coefficient (Wildman–Crippen LogP) is 5.72. The number of amides is 1. The van der Waals surface area contributed by atoms with Crippen LogP contribution in [0.1, 0.15) is 17.8 Å². The fourth-order valence-corrected chi connectivity index (χ4v) is 3.44. The molecule has 0 aliphatic rings. The van der Waals surface area contributed by atoms with Crippen molar-refractivity contribution in [1.82, 2.24) is 4.98 Å². The first-order chi connectivity index (χ1) is 15.5. The second kappa shape index (κ2) is 9.78. The summed E-state index contributed by atoms with van der Waals surface area (Å²) in [6.07, 6.45) is 0. The molecule has 0 fully saturated rings. The van der Waals surface area contributed by atoms with Gasteiger partial charge in [0.2, 0.25) is 0 Å². The minimum absolute atomic E-state index is 0. The van der Waals surface area contributed by atoms with E-state index in [1.165, 1.54) is 25.3 Å². The van der Waals surface area contributed by atoms with Gasteiger partial charge in [-0.2, -0.15) is 0 Å². The molecule has 0 atom stereocenters. The second-order valence-electron chi connectivity index (χ2n) is 6.87. The van der Waals surface area contributed by atoms with E-state index in [4.69, 9.17) is 14.5 Å². The van der Waals surface area contributed by atoms with E-state index < -0.39 is 10.8 Å². The molecule has 0 saturated heterocycles. The molecule has 0 bridgehead atoms. The minimum Gasteiger partial charge on any atom is -0.496 e. The Bertz CT molecular complexity index is 1340. The lowest BCUT2D eigenvalue weighted by Crippen LogP contribution is -2.14. The summed E-state index contributed by atoms with van der Waals surface area (Å²) in [6.45, 7) is 0. The lowest BCUT2D eigenvalue weighted by atomic mass is 10.0. The standard InChI is InChI=1S/C24H19N3O5.CH4/c1-31-22-10-6-4-8-17(22)21-14-18(16-7-3-5-9-19(16)25-21)24(28)26-20-12-11-15(27(29)30)13-23(20)32-2;/h3-14H,1-2H3,(H,26,28);1H4. The van der Waals surface area contributed by atoms with Crippen molar-refractivity contribution in [2.24, 2.45) is 0 Å². The summed E-state index contributed by atoms with van der Waals surface area (Å²) in [6, 6.07) is 20.5. The molecule has 4 aromatic rings. The Morgan fingerprint density at radius 2 is 1.64 bits per heavy atom. The van der Waals surface area contributed by atoms with Crippen LogP contribution in [-0.2, 0) is 0 Å². The van der Waals surface area contributed by atoms with Crippen molar-refractivity contribution >= 4 is 28.2 Å². The van der Waals surface area contributed by atoms with Crippen LogP contribution in [0.5, 0.6) is 11.5 Å². The summed E-state index contributed by atoms with van der Waals surface area (Å²) in [5.41, 5.74) is 2.58. The quantitative estimate of drug-likeness (QED) is 0.301. The molecule has 0 saturated carbocycles. The summed E-state index contributed by atoms with van der Waals surface area (Å²) >= 11 is 0. The van der Waals surface area contributed by atoms with Crippen LogP contribution in [0.15, 0.2) is 72.8 Å². The number of nitro benzene ring substituents is 1. The number of hydrogen-bond donors (Lipinski definition) is 1. The van der Waals surface area contributed by atoms with Gasteiger partial charge in [0.15, 0.2) is 0 Å². The monoisotopic (exact) mass is 445 g/mol. The van der Waals surface area contributed by atoms with Gasteiger partial charge in [-0.15, -0.1) is 0 Å². The van der Waals surface area contributed by atoms with Crippen LogP contribution in [-0.4, -0.2) is 30.0 Å². The van der Waals surface area contributed by atoms with Crippen LogP contribution in [0, 0.1) is 10.1 Å². The fraction of sp³-hybridized carbons (Fsp3) is 0.120. The van der Waals surface area contributed by atoms with E-state index in [1.54, 1.807) is 13.2 Å². The fourth-order valence-electron chi connectivity index (χ4n) is 3.44. The zero-order valence-corrected chi connectivity index (χ0v) is 17.4. The first-order valence-electron chi connectivity index (χ1n) is 9.68. The minimum atomic E-state index is -0.524. The Kier molecular flexibility index (Phi) is 6.88. The van der Waals surface area contributed by atoms with E-state index in [0.717, 1.165) is 5.56 Å². The van der Waals surface area contributed by atoms with E-state index in [1.807, 2.05) is 48.5 Å². The Hall–Kier alpha value is -4.46. The number of carbonyl (C=O) groups is 1. The third-order valence-corrected chi connectivity index (χ3v) is 4.99. The Balaban J connectivity index is 0.00000306. The summed E-state index contributed by atoms with van der Waals surface area (Å²) in [4.78, 5) is 28.5. The van der Waals surface area contributed by atoms with Crippen LogP contribution >= 0.6 is 0 Å². The van der Waals surface area contributed by atoms with Crippen molar-refractivity contribution in [2.45, 2.75) is 7.43 Å². The number of hydrogen-bond acceptors (Lipinski definition) is 6. The van der Waals surface area contributed by atoms with Gasteiger partial charge in [-0.3, -0.25) is 14.9 Å². The van der Waals surface area contributed by atoms with Crippen LogP contribution in [0.25, 0.3) is 22.2 Å². The first kappa shape index (κ1) is 23.2. The molecular formula is C25H23N3O5. The average molecular weight is 445 g/mol. The number of nitro groups is 1. The highest BCUT2D eigenvalue weighted by Crippen LogP contribution is 2.33. The number of methoxy groups -OCH3 is 2. The van der Waals surface area contributed by atoms with Gasteiger partial charge in [-0.05, 0) is 30.3 Å². The average Bonchev–Trinajstić information content (AvgIpc) is 2.83. The number of aromatic nitrogens is 1. The number of fused-ring (bicyclic) bond motifs is 1. The molecule has 1 amide bonds. The van der Waals surface area contributed by atoms with Crippen molar-refractivity contribution in [3.63, 3.8) is 0 Å². The zero-order chi connectivity index (χ0) is 22.7. The number of rotatable bonds is 6. The van der Waals surface area contributed by atoms with Gasteiger partial charge >= 0.3 is 0 Å². The van der Waals surface area contributed by atoms with Gasteiger partial charge in [0, 0.05) is 17.0 Å². The van der Waals surface area contributed by atoms with Crippen molar-refractivity contribution < 1.29 is 19.2 Å². The molecule has 0 aliphatic carbocycles. The maximum absolute atomic E-state index is 13.3. The van der Waals surface area contributed by atoms with E-state index >= 15 is 0 Å². The highest BCUT2D eigenvalue weighted by atomic mass is 16.6. The molecule has 0 spiro atoms. The Morgan fingerprint density at radius 1 is 0.939 bits per heavy atom. The van der Waals surface area contributed by atoms with Gasteiger partial charge in [-0.1, -0.05) is 37.8 Å². The molecule has 1 heterocycles. The van der Waals surface area contributed by atoms with Crippen LogP contribution in [0.2, 0.25) is 0 Å². The summed E-state index contributed by atoms with van der Waals surface area (Å²) < 4.78 is 10.7. The van der Waals surface area contributed by atoms with E-state index in [2.05, 4.69) is 5.32 Å². The van der Waals surface area contributed by atoms with Gasteiger partial charge in [0.25, 0.3) is 11.6 Å². The zero-order valence-electron chi connectivity index (χ0n) is 17.4. The van der Waals surface area contributed by atoms with Crippen molar-refractivity contribution in [3.05, 3.63) is 88.5 Å². The Morgan fingerprint density at radius 3 is 2.36 bits per heavy atom. The third-order valence-electron chi connectivity index (χ3n) is 4.99. The van der Waals surface area contributed by atoms with Gasteiger partial charge in [0.1, 0.15) is 11.5 Å². The van der Waals surface area contributed by atoms with Crippen LogP contribution < -0.4 is 14.8 Å². The van der Waals surface area contributed by atoms with Crippen LogP contribution in [0.4, 0.5) is 11.4 Å². The third kappa shape index (κ3) is 4.59. The predicted molar refractivity (Wildman–Crippen MR) is 128 cm³/mol. The smallest absolute Gasteiger partial charge is 0.273 e. The number of nitrogens with one attached hydrogen (secondary N) is 1. The highest BCUT2D eigenvalue weighted by molar-refractivity contribution is 6.13. The number of pyridine rings is 1. The van der Waals surface area contributed by atoms with E-state index in [-0.39, 0.29) is 18.9 Å². The first-order valence-corrected chi connectivity index (χ1v) is 9.68. The largest absolute Gasteiger partial charge is 0.496 e. The number of benzene rings is 3. The molecule has 33 heavy (non-hydrogen) atoms. The molecule has 8 heteroatoms. The molecule has 3 aromatic carbocycles. The molecular weight excluding hydrogens is 422 g/mol. The summed E-state index contributed by atoms with van der Waals surface area (Å²) in [5, 5.41) is 14.5. The Labute approximate surface area is 191 Å². The molecule has 1 aromatic heterocycles. The lowest BCUT2D eigenvalue weighted by Gasteiger charge is -2.14. The van der Waals surface area contributed by atoms with E-state index in [0.29, 0.717) is 33.6 Å². The molecule has 1 N–H and O–H groups in total. The number of non-ortho nitro benzene ring substituents is 1. The SMILES string of the molecule is C.COc1cc([N+](=O)[O-])ccc1NC(=O)c1cc(-c2ccccc2OC)nc2ccccc12. The molecule has 0 radical (unpaired) electrons. The van der Waals surface area contributed by atoms with E-state index in [9.17, 15) is 14.9 Å².